The van der Waals surface area contributed by atoms with E-state index in [0.29, 0.717) is 0 Å². The van der Waals surface area contributed by atoms with Crippen molar-refractivity contribution in [3.63, 3.8) is 0 Å². The van der Waals surface area contributed by atoms with Gasteiger partial charge in [-0.25, -0.2) is 0 Å². The molecule has 0 aromatic heterocycles. The SMILES string of the molecule is CC(=O)N1CCCN(c2ccc(C)cc2C#N)CC1. The number of hydrogen-bond acceptors (Lipinski definition) is 3. The van der Waals surface area contributed by atoms with Gasteiger partial charge in [0.25, 0.3) is 0 Å². The predicted octanol–water partition coefficient (Wildman–Crippen LogP) is 1.93. The van der Waals surface area contributed by atoms with Gasteiger partial charge in [-0.05, 0) is 31.0 Å². The van der Waals surface area contributed by atoms with Crippen molar-refractivity contribution in [1.82, 2.24) is 4.90 Å². The van der Waals surface area contributed by atoms with Crippen LogP contribution in [0.5, 0.6) is 0 Å². The molecule has 0 aliphatic carbocycles. The van der Waals surface area contributed by atoms with E-state index in [1.54, 1.807) is 6.92 Å². The molecular weight excluding hydrogens is 238 g/mol. The quantitative estimate of drug-likeness (QED) is 0.772. The molecule has 2 rings (SSSR count). The number of nitriles is 1. The minimum Gasteiger partial charge on any atom is -0.369 e. The smallest absolute Gasteiger partial charge is 0.219 e. The Morgan fingerprint density at radius 2 is 2.05 bits per heavy atom. The predicted molar refractivity (Wildman–Crippen MR) is 75.0 cm³/mol. The number of carbonyl (C=O) groups is 1. The molecule has 4 nitrogen and oxygen atoms in total. The van der Waals surface area contributed by atoms with Gasteiger partial charge in [0.2, 0.25) is 5.91 Å². The normalized spacial score (nSPS) is 15.8. The minimum atomic E-state index is 0.131. The summed E-state index contributed by atoms with van der Waals surface area (Å²) in [5.41, 5.74) is 2.80. The average molecular weight is 257 g/mol. The Kier molecular flexibility index (Phi) is 4.06. The lowest BCUT2D eigenvalue weighted by atomic mass is 10.1. The largest absolute Gasteiger partial charge is 0.369 e. The highest BCUT2D eigenvalue weighted by atomic mass is 16.2. The fourth-order valence-corrected chi connectivity index (χ4v) is 2.49. The molecule has 0 atom stereocenters. The molecule has 0 unspecified atom stereocenters. The molecule has 0 spiro atoms. The Hall–Kier alpha value is -2.02. The van der Waals surface area contributed by atoms with Crippen LogP contribution in [0.3, 0.4) is 0 Å². The van der Waals surface area contributed by atoms with Crippen LogP contribution >= 0.6 is 0 Å². The van der Waals surface area contributed by atoms with Crippen molar-refractivity contribution in [3.05, 3.63) is 29.3 Å². The van der Waals surface area contributed by atoms with Crippen LogP contribution in [0, 0.1) is 18.3 Å². The molecule has 1 fully saturated rings. The Bertz CT molecular complexity index is 519. The lowest BCUT2D eigenvalue weighted by Gasteiger charge is -2.24. The van der Waals surface area contributed by atoms with Crippen molar-refractivity contribution in [2.75, 3.05) is 31.1 Å². The number of anilines is 1. The second kappa shape index (κ2) is 5.75. The summed E-state index contributed by atoms with van der Waals surface area (Å²) < 4.78 is 0. The van der Waals surface area contributed by atoms with E-state index in [0.717, 1.165) is 49.4 Å². The zero-order chi connectivity index (χ0) is 13.8. The third kappa shape index (κ3) is 3.05. The molecule has 1 amide bonds. The van der Waals surface area contributed by atoms with Gasteiger partial charge < -0.3 is 9.80 Å². The van der Waals surface area contributed by atoms with Crippen LogP contribution in [-0.2, 0) is 4.79 Å². The number of amides is 1. The van der Waals surface area contributed by atoms with Crippen molar-refractivity contribution in [1.29, 1.82) is 5.26 Å². The zero-order valence-corrected chi connectivity index (χ0v) is 11.5. The zero-order valence-electron chi connectivity index (χ0n) is 11.5. The van der Waals surface area contributed by atoms with E-state index < -0.39 is 0 Å². The highest BCUT2D eigenvalue weighted by Crippen LogP contribution is 2.22. The molecule has 0 bridgehead atoms. The Morgan fingerprint density at radius 1 is 1.26 bits per heavy atom. The maximum atomic E-state index is 11.4. The molecule has 1 saturated heterocycles. The first-order valence-electron chi connectivity index (χ1n) is 6.63. The summed E-state index contributed by atoms with van der Waals surface area (Å²) >= 11 is 0. The van der Waals surface area contributed by atoms with E-state index in [4.69, 9.17) is 0 Å². The summed E-state index contributed by atoms with van der Waals surface area (Å²) in [6, 6.07) is 8.23. The molecule has 4 heteroatoms. The number of carbonyl (C=O) groups excluding carboxylic acids is 1. The van der Waals surface area contributed by atoms with E-state index in [1.165, 1.54) is 0 Å². The van der Waals surface area contributed by atoms with Crippen LogP contribution in [0.25, 0.3) is 0 Å². The molecule has 1 aromatic rings. The van der Waals surface area contributed by atoms with E-state index in [9.17, 15) is 10.1 Å². The molecule has 1 aromatic carbocycles. The van der Waals surface area contributed by atoms with Crippen LogP contribution in [0.1, 0.15) is 24.5 Å². The van der Waals surface area contributed by atoms with E-state index >= 15 is 0 Å². The Morgan fingerprint density at radius 3 is 2.74 bits per heavy atom. The molecule has 19 heavy (non-hydrogen) atoms. The number of aryl methyl sites for hydroxylation is 1. The third-order valence-electron chi connectivity index (χ3n) is 3.55. The van der Waals surface area contributed by atoms with Crippen LogP contribution in [0.2, 0.25) is 0 Å². The molecule has 0 N–H and O–H groups in total. The highest BCUT2D eigenvalue weighted by molar-refractivity contribution is 5.73. The number of rotatable bonds is 1. The van der Waals surface area contributed by atoms with Crippen LogP contribution < -0.4 is 4.90 Å². The van der Waals surface area contributed by atoms with Gasteiger partial charge in [-0.1, -0.05) is 6.07 Å². The molecule has 100 valence electrons. The molecule has 0 radical (unpaired) electrons. The lowest BCUT2D eigenvalue weighted by Crippen LogP contribution is -2.33. The van der Waals surface area contributed by atoms with Gasteiger partial charge in [-0.2, -0.15) is 5.26 Å². The molecular formula is C15H19N3O. The standard InChI is InChI=1S/C15H19N3O/c1-12-4-5-15(14(10-12)11-16)18-7-3-6-17(8-9-18)13(2)19/h4-5,10H,3,6-9H2,1-2H3. The first-order chi connectivity index (χ1) is 9.11. The van der Waals surface area contributed by atoms with Crippen molar-refractivity contribution in [2.24, 2.45) is 0 Å². The number of benzene rings is 1. The van der Waals surface area contributed by atoms with Gasteiger partial charge in [0.15, 0.2) is 0 Å². The van der Waals surface area contributed by atoms with Crippen LogP contribution in [0.4, 0.5) is 5.69 Å². The van der Waals surface area contributed by atoms with E-state index in [1.807, 2.05) is 30.0 Å². The molecule has 0 saturated carbocycles. The van der Waals surface area contributed by atoms with Crippen molar-refractivity contribution in [2.45, 2.75) is 20.3 Å². The van der Waals surface area contributed by atoms with E-state index in [2.05, 4.69) is 11.0 Å². The first kappa shape index (κ1) is 13.4. The summed E-state index contributed by atoms with van der Waals surface area (Å²) in [7, 11) is 0. The monoisotopic (exact) mass is 257 g/mol. The Balaban J connectivity index is 2.19. The minimum absolute atomic E-state index is 0.131. The Labute approximate surface area is 114 Å². The topological polar surface area (TPSA) is 47.3 Å². The second-order valence-corrected chi connectivity index (χ2v) is 4.98. The van der Waals surface area contributed by atoms with Gasteiger partial charge >= 0.3 is 0 Å². The summed E-state index contributed by atoms with van der Waals surface area (Å²) in [6.07, 6.45) is 0.943. The summed E-state index contributed by atoms with van der Waals surface area (Å²) in [5.74, 6) is 0.131. The number of hydrogen-bond donors (Lipinski definition) is 0. The molecule has 1 aliphatic rings. The van der Waals surface area contributed by atoms with Crippen LogP contribution in [0.15, 0.2) is 18.2 Å². The van der Waals surface area contributed by atoms with Crippen molar-refractivity contribution < 1.29 is 4.79 Å². The van der Waals surface area contributed by atoms with E-state index in [-0.39, 0.29) is 5.91 Å². The number of nitrogens with zero attached hydrogens (tertiary/aromatic N) is 3. The van der Waals surface area contributed by atoms with Gasteiger partial charge in [0.1, 0.15) is 6.07 Å². The lowest BCUT2D eigenvalue weighted by molar-refractivity contribution is -0.128. The highest BCUT2D eigenvalue weighted by Gasteiger charge is 2.18. The van der Waals surface area contributed by atoms with Crippen LogP contribution in [-0.4, -0.2) is 37.0 Å². The van der Waals surface area contributed by atoms with Gasteiger partial charge in [-0.3, -0.25) is 4.79 Å². The molecule has 1 aliphatic heterocycles. The van der Waals surface area contributed by atoms with Gasteiger partial charge in [0, 0.05) is 33.1 Å². The fourth-order valence-electron chi connectivity index (χ4n) is 2.49. The van der Waals surface area contributed by atoms with Gasteiger partial charge in [0.05, 0.1) is 11.3 Å². The second-order valence-electron chi connectivity index (χ2n) is 4.98. The average Bonchev–Trinajstić information content (AvgIpc) is 2.64. The van der Waals surface area contributed by atoms with Crippen molar-refractivity contribution >= 4 is 11.6 Å². The summed E-state index contributed by atoms with van der Waals surface area (Å²) in [6.45, 7) is 6.82. The maximum absolute atomic E-state index is 11.4. The summed E-state index contributed by atoms with van der Waals surface area (Å²) in [4.78, 5) is 15.5. The first-order valence-corrected chi connectivity index (χ1v) is 6.63. The van der Waals surface area contributed by atoms with Gasteiger partial charge in [-0.15, -0.1) is 0 Å². The molecule has 1 heterocycles. The summed E-state index contributed by atoms with van der Waals surface area (Å²) in [5, 5.41) is 9.24. The third-order valence-corrected chi connectivity index (χ3v) is 3.55. The van der Waals surface area contributed by atoms with Crippen molar-refractivity contribution in [3.8, 4) is 6.07 Å². The fraction of sp³-hybridized carbons (Fsp3) is 0.467. The maximum Gasteiger partial charge on any atom is 0.219 e.